The molecule has 2 aliphatic heterocycles. The van der Waals surface area contributed by atoms with Gasteiger partial charge in [-0.15, -0.1) is 0 Å². The maximum absolute atomic E-state index is 5.93. The van der Waals surface area contributed by atoms with Crippen LogP contribution in [0, 0.1) is 0 Å². The van der Waals surface area contributed by atoms with Crippen LogP contribution in [0.2, 0.25) is 0 Å². The van der Waals surface area contributed by atoms with Crippen molar-refractivity contribution in [2.24, 2.45) is 9.98 Å². The molecule has 1 aromatic heterocycles. The fourth-order valence-electron chi connectivity index (χ4n) is 3.74. The SMILES string of the molecule is COc1c(-c2ccc(N3C=NCC3)cc2)coc1-c1ccc(N2C=NCC2)cc1. The summed E-state index contributed by atoms with van der Waals surface area (Å²) in [5, 5.41) is 0. The summed E-state index contributed by atoms with van der Waals surface area (Å²) in [6.45, 7) is 3.55. The molecule has 6 heteroatoms. The van der Waals surface area contributed by atoms with Crippen molar-refractivity contribution in [3.63, 3.8) is 0 Å². The highest BCUT2D eigenvalue weighted by Gasteiger charge is 2.19. The average Bonchev–Trinajstić information content (AvgIpc) is 3.55. The lowest BCUT2D eigenvalue weighted by Crippen LogP contribution is -2.17. The van der Waals surface area contributed by atoms with Crippen molar-refractivity contribution in [1.82, 2.24) is 0 Å². The van der Waals surface area contributed by atoms with Crippen LogP contribution in [-0.4, -0.2) is 46.0 Å². The molecule has 0 spiro atoms. The normalized spacial score (nSPS) is 15.5. The Kier molecular flexibility index (Phi) is 4.52. The summed E-state index contributed by atoms with van der Waals surface area (Å²) in [5.74, 6) is 1.48. The van der Waals surface area contributed by atoms with Crippen molar-refractivity contribution < 1.29 is 9.15 Å². The van der Waals surface area contributed by atoms with Gasteiger partial charge < -0.3 is 19.0 Å². The highest BCUT2D eigenvalue weighted by molar-refractivity contribution is 5.85. The Morgan fingerprint density at radius 2 is 1.34 bits per heavy atom. The topological polar surface area (TPSA) is 53.6 Å². The Balaban J connectivity index is 1.43. The molecule has 0 saturated carbocycles. The summed E-state index contributed by atoms with van der Waals surface area (Å²) in [7, 11) is 1.68. The maximum Gasteiger partial charge on any atom is 0.176 e. The highest BCUT2D eigenvalue weighted by atomic mass is 16.5. The number of nitrogens with zero attached hydrogens (tertiary/aromatic N) is 4. The van der Waals surface area contributed by atoms with Gasteiger partial charge in [0.2, 0.25) is 0 Å². The van der Waals surface area contributed by atoms with Gasteiger partial charge >= 0.3 is 0 Å². The van der Waals surface area contributed by atoms with Crippen molar-refractivity contribution in [2.75, 3.05) is 43.1 Å². The van der Waals surface area contributed by atoms with Crippen molar-refractivity contribution in [3.8, 4) is 28.2 Å². The second kappa shape index (κ2) is 7.47. The van der Waals surface area contributed by atoms with E-state index in [0.717, 1.165) is 65.8 Å². The Bertz CT molecular complexity index is 968. The van der Waals surface area contributed by atoms with Gasteiger partial charge in [-0.05, 0) is 42.0 Å². The smallest absolute Gasteiger partial charge is 0.176 e. The van der Waals surface area contributed by atoms with E-state index >= 15 is 0 Å². The number of ether oxygens (including phenoxy) is 1. The summed E-state index contributed by atoms with van der Waals surface area (Å²) >= 11 is 0. The van der Waals surface area contributed by atoms with Crippen LogP contribution in [0.1, 0.15) is 0 Å². The molecule has 6 nitrogen and oxygen atoms in total. The molecular weight excluding hydrogens is 364 g/mol. The van der Waals surface area contributed by atoms with Crippen LogP contribution in [-0.2, 0) is 0 Å². The molecule has 0 fully saturated rings. The monoisotopic (exact) mass is 386 g/mol. The standard InChI is InChI=1S/C23H22N4O2/c1-28-23-21(17-2-6-19(7-3-17)26-12-10-24-15-26)14-29-22(23)18-4-8-20(9-5-18)27-13-11-25-16-27/h2-9,14-16H,10-13H2,1H3. The Morgan fingerprint density at radius 1 is 0.793 bits per heavy atom. The van der Waals surface area contributed by atoms with Gasteiger partial charge in [0.25, 0.3) is 0 Å². The number of hydrogen-bond acceptors (Lipinski definition) is 6. The molecule has 0 amide bonds. The summed E-state index contributed by atoms with van der Waals surface area (Å²) < 4.78 is 11.7. The van der Waals surface area contributed by atoms with Crippen molar-refractivity contribution in [1.29, 1.82) is 0 Å². The van der Waals surface area contributed by atoms with Crippen LogP contribution in [0.5, 0.6) is 5.75 Å². The Labute approximate surface area is 169 Å². The van der Waals surface area contributed by atoms with E-state index in [4.69, 9.17) is 9.15 Å². The van der Waals surface area contributed by atoms with Gasteiger partial charge in [0, 0.05) is 30.0 Å². The van der Waals surface area contributed by atoms with Crippen LogP contribution < -0.4 is 14.5 Å². The second-order valence-electron chi connectivity index (χ2n) is 7.04. The lowest BCUT2D eigenvalue weighted by Gasteiger charge is -2.14. The van der Waals surface area contributed by atoms with E-state index in [1.54, 1.807) is 13.4 Å². The summed E-state index contributed by atoms with van der Waals surface area (Å²) in [5.41, 5.74) is 5.25. The molecule has 3 aromatic rings. The van der Waals surface area contributed by atoms with Crippen molar-refractivity contribution in [2.45, 2.75) is 0 Å². The first-order chi connectivity index (χ1) is 14.3. The molecule has 0 aliphatic carbocycles. The van der Waals surface area contributed by atoms with Crippen LogP contribution in [0.4, 0.5) is 11.4 Å². The van der Waals surface area contributed by atoms with Gasteiger partial charge in [-0.3, -0.25) is 9.98 Å². The highest BCUT2D eigenvalue weighted by Crippen LogP contribution is 2.41. The number of aliphatic imine (C=N–C) groups is 2. The Hall–Kier alpha value is -3.54. The first-order valence-corrected chi connectivity index (χ1v) is 9.73. The fraction of sp³-hybridized carbons (Fsp3) is 0.217. The molecule has 3 heterocycles. The molecule has 0 atom stereocenters. The number of furan rings is 1. The molecule has 0 bridgehead atoms. The third-order valence-electron chi connectivity index (χ3n) is 5.30. The van der Waals surface area contributed by atoms with Gasteiger partial charge in [0.15, 0.2) is 11.5 Å². The second-order valence-corrected chi connectivity index (χ2v) is 7.04. The lowest BCUT2D eigenvalue weighted by molar-refractivity contribution is 0.411. The third-order valence-corrected chi connectivity index (χ3v) is 5.30. The summed E-state index contributed by atoms with van der Waals surface area (Å²) in [4.78, 5) is 12.8. The van der Waals surface area contributed by atoms with E-state index in [9.17, 15) is 0 Å². The average molecular weight is 386 g/mol. The molecule has 2 aromatic carbocycles. The summed E-state index contributed by atoms with van der Waals surface area (Å²) in [6, 6.07) is 16.7. The molecule has 0 saturated heterocycles. The first-order valence-electron chi connectivity index (χ1n) is 9.73. The van der Waals surface area contributed by atoms with Gasteiger partial charge in [-0.1, -0.05) is 12.1 Å². The van der Waals surface area contributed by atoms with Crippen LogP contribution in [0.3, 0.4) is 0 Å². The molecule has 146 valence electrons. The van der Waals surface area contributed by atoms with E-state index in [1.807, 2.05) is 12.7 Å². The zero-order valence-corrected chi connectivity index (χ0v) is 16.3. The van der Waals surface area contributed by atoms with Crippen LogP contribution >= 0.6 is 0 Å². The number of hydrogen-bond donors (Lipinski definition) is 0. The van der Waals surface area contributed by atoms with E-state index in [0.29, 0.717) is 0 Å². The molecule has 29 heavy (non-hydrogen) atoms. The van der Waals surface area contributed by atoms with Gasteiger partial charge in [0.1, 0.15) is 6.26 Å². The Morgan fingerprint density at radius 3 is 1.83 bits per heavy atom. The molecule has 0 radical (unpaired) electrons. The van der Waals surface area contributed by atoms with Gasteiger partial charge in [-0.25, -0.2) is 0 Å². The quantitative estimate of drug-likeness (QED) is 0.655. The van der Waals surface area contributed by atoms with Crippen molar-refractivity contribution >= 4 is 24.1 Å². The van der Waals surface area contributed by atoms with E-state index < -0.39 is 0 Å². The number of benzene rings is 2. The first kappa shape index (κ1) is 17.6. The molecule has 0 N–H and O–H groups in total. The van der Waals surface area contributed by atoms with E-state index in [1.165, 1.54) is 0 Å². The minimum Gasteiger partial charge on any atom is -0.492 e. The third kappa shape index (κ3) is 3.27. The van der Waals surface area contributed by atoms with E-state index in [-0.39, 0.29) is 0 Å². The number of methoxy groups -OCH3 is 1. The summed E-state index contributed by atoms with van der Waals surface area (Å²) in [6.07, 6.45) is 5.54. The number of rotatable bonds is 5. The lowest BCUT2D eigenvalue weighted by atomic mass is 10.0. The zero-order chi connectivity index (χ0) is 19.6. The fourth-order valence-corrected chi connectivity index (χ4v) is 3.74. The predicted molar refractivity (Wildman–Crippen MR) is 118 cm³/mol. The molecule has 0 unspecified atom stereocenters. The number of anilines is 2. The van der Waals surface area contributed by atoms with Crippen molar-refractivity contribution in [3.05, 3.63) is 54.8 Å². The minimum absolute atomic E-state index is 0.736. The van der Waals surface area contributed by atoms with E-state index in [2.05, 4.69) is 68.3 Å². The molecule has 5 rings (SSSR count). The van der Waals surface area contributed by atoms with Gasteiger partial charge in [0.05, 0.1) is 38.4 Å². The maximum atomic E-state index is 5.93. The molecular formula is C23H22N4O2. The van der Waals surface area contributed by atoms with Crippen LogP contribution in [0.15, 0.2) is 69.2 Å². The van der Waals surface area contributed by atoms with Gasteiger partial charge in [-0.2, -0.15) is 0 Å². The predicted octanol–water partition coefficient (Wildman–Crippen LogP) is 4.32. The largest absolute Gasteiger partial charge is 0.492 e. The zero-order valence-electron chi connectivity index (χ0n) is 16.3. The molecule has 2 aliphatic rings. The minimum atomic E-state index is 0.736. The van der Waals surface area contributed by atoms with Crippen LogP contribution in [0.25, 0.3) is 22.5 Å².